The van der Waals surface area contributed by atoms with Gasteiger partial charge >= 0.3 is 0 Å². The zero-order valence-corrected chi connectivity index (χ0v) is 17.7. The summed E-state index contributed by atoms with van der Waals surface area (Å²) in [6, 6.07) is 15.2. The number of rotatable bonds is 7. The molecule has 0 aliphatic carbocycles. The largest absolute Gasteiger partial charge is 0.497 e. The molecule has 0 bridgehead atoms. The van der Waals surface area contributed by atoms with Crippen LogP contribution in [-0.4, -0.2) is 23.9 Å². The summed E-state index contributed by atoms with van der Waals surface area (Å²) in [5.74, 6) is -0.342. The van der Waals surface area contributed by atoms with Crippen molar-refractivity contribution in [1.82, 2.24) is 0 Å². The zero-order valence-electron chi connectivity index (χ0n) is 16.1. The fourth-order valence-electron chi connectivity index (χ4n) is 2.61. The Bertz CT molecular complexity index is 1270. The van der Waals surface area contributed by atoms with Crippen molar-refractivity contribution in [2.24, 2.45) is 0 Å². The smallest absolute Gasteiger partial charge is 0.264 e. The fourth-order valence-corrected chi connectivity index (χ4v) is 4.90. The number of halogens is 1. The standard InChI is InChI=1S/C20H19FN2O5S2/c1-14-7-12-17(29(24,25)22-15-8-10-16(28-2)11-9-15)13-19(14)23-30(26,27)20-6-4-3-5-18(20)21/h3-13,22-23H,1-2H3. The van der Waals surface area contributed by atoms with Crippen LogP contribution in [0.5, 0.6) is 5.75 Å². The van der Waals surface area contributed by atoms with Crippen LogP contribution in [0.15, 0.2) is 76.5 Å². The third-order valence-corrected chi connectivity index (χ3v) is 7.01. The molecule has 0 unspecified atom stereocenters. The highest BCUT2D eigenvalue weighted by molar-refractivity contribution is 7.93. The van der Waals surface area contributed by atoms with E-state index in [1.807, 2.05) is 0 Å². The maximum Gasteiger partial charge on any atom is 0.264 e. The van der Waals surface area contributed by atoms with Crippen LogP contribution in [0.2, 0.25) is 0 Å². The van der Waals surface area contributed by atoms with Gasteiger partial charge in [0.2, 0.25) is 0 Å². The molecule has 0 aliphatic rings. The van der Waals surface area contributed by atoms with Gasteiger partial charge in [-0.3, -0.25) is 9.44 Å². The lowest BCUT2D eigenvalue weighted by molar-refractivity contribution is 0.415. The Morgan fingerprint density at radius 1 is 0.833 bits per heavy atom. The maximum atomic E-state index is 13.9. The van der Waals surface area contributed by atoms with E-state index in [9.17, 15) is 21.2 Å². The molecule has 0 saturated heterocycles. The molecule has 0 spiro atoms. The van der Waals surface area contributed by atoms with E-state index in [4.69, 9.17) is 4.74 Å². The van der Waals surface area contributed by atoms with Gasteiger partial charge in [0, 0.05) is 5.69 Å². The summed E-state index contributed by atoms with van der Waals surface area (Å²) in [5, 5.41) is 0. The van der Waals surface area contributed by atoms with Gasteiger partial charge in [-0.1, -0.05) is 18.2 Å². The Morgan fingerprint density at radius 3 is 2.13 bits per heavy atom. The molecule has 0 radical (unpaired) electrons. The number of benzene rings is 3. The van der Waals surface area contributed by atoms with Crippen LogP contribution in [0.3, 0.4) is 0 Å². The van der Waals surface area contributed by atoms with Crippen LogP contribution >= 0.6 is 0 Å². The summed E-state index contributed by atoms with van der Waals surface area (Å²) in [4.78, 5) is -0.691. The molecule has 7 nitrogen and oxygen atoms in total. The highest BCUT2D eigenvalue weighted by Crippen LogP contribution is 2.26. The molecule has 0 fully saturated rings. The lowest BCUT2D eigenvalue weighted by Gasteiger charge is -2.14. The molecule has 3 aromatic rings. The molecule has 30 heavy (non-hydrogen) atoms. The summed E-state index contributed by atoms with van der Waals surface area (Å²) in [5.41, 5.74) is 0.805. The number of hydrogen-bond donors (Lipinski definition) is 2. The summed E-state index contributed by atoms with van der Waals surface area (Å²) in [6.07, 6.45) is 0. The van der Waals surface area contributed by atoms with Gasteiger partial charge in [-0.25, -0.2) is 21.2 Å². The first-order valence-corrected chi connectivity index (χ1v) is 11.6. The van der Waals surface area contributed by atoms with E-state index in [1.165, 1.54) is 49.6 Å². The molecule has 10 heteroatoms. The Kier molecular flexibility index (Phi) is 5.99. The second-order valence-corrected chi connectivity index (χ2v) is 9.68. The van der Waals surface area contributed by atoms with Crippen molar-refractivity contribution < 1.29 is 26.0 Å². The number of hydrogen-bond acceptors (Lipinski definition) is 5. The highest BCUT2D eigenvalue weighted by atomic mass is 32.2. The molecule has 0 aliphatic heterocycles. The topological polar surface area (TPSA) is 102 Å². The molecule has 0 aromatic heterocycles. The van der Waals surface area contributed by atoms with Crippen LogP contribution in [0.4, 0.5) is 15.8 Å². The Hall–Kier alpha value is -3.11. The van der Waals surface area contributed by atoms with E-state index in [1.54, 1.807) is 19.1 Å². The minimum absolute atomic E-state index is 0.0239. The number of methoxy groups -OCH3 is 1. The molecule has 0 heterocycles. The molecule has 0 atom stereocenters. The average molecular weight is 451 g/mol. The molecule has 2 N–H and O–H groups in total. The van der Waals surface area contributed by atoms with Gasteiger partial charge in [0.05, 0.1) is 17.7 Å². The second-order valence-electron chi connectivity index (χ2n) is 6.35. The van der Waals surface area contributed by atoms with Crippen molar-refractivity contribution in [3.05, 3.63) is 78.1 Å². The molecular weight excluding hydrogens is 431 g/mol. The molecule has 158 valence electrons. The number of aryl methyl sites for hydroxylation is 1. The van der Waals surface area contributed by atoms with Crippen molar-refractivity contribution in [2.75, 3.05) is 16.6 Å². The van der Waals surface area contributed by atoms with Gasteiger partial charge in [0.25, 0.3) is 20.0 Å². The fraction of sp³-hybridized carbons (Fsp3) is 0.100. The van der Waals surface area contributed by atoms with E-state index >= 15 is 0 Å². The summed E-state index contributed by atoms with van der Waals surface area (Å²) in [6.45, 7) is 1.60. The lowest BCUT2D eigenvalue weighted by Crippen LogP contribution is -2.17. The monoisotopic (exact) mass is 450 g/mol. The van der Waals surface area contributed by atoms with Crippen molar-refractivity contribution in [2.45, 2.75) is 16.7 Å². The average Bonchev–Trinajstić information content (AvgIpc) is 2.70. The number of anilines is 2. The van der Waals surface area contributed by atoms with Gasteiger partial charge in [-0.05, 0) is 61.0 Å². The third kappa shape index (κ3) is 4.71. The van der Waals surface area contributed by atoms with Crippen LogP contribution in [0, 0.1) is 12.7 Å². The maximum absolute atomic E-state index is 13.9. The first-order valence-electron chi connectivity index (χ1n) is 8.67. The zero-order chi connectivity index (χ0) is 21.9. The Morgan fingerprint density at radius 2 is 1.50 bits per heavy atom. The van der Waals surface area contributed by atoms with Gasteiger partial charge in [-0.15, -0.1) is 0 Å². The molecule has 0 amide bonds. The van der Waals surface area contributed by atoms with E-state index in [2.05, 4.69) is 9.44 Å². The van der Waals surface area contributed by atoms with Crippen molar-refractivity contribution in [1.29, 1.82) is 0 Å². The van der Waals surface area contributed by atoms with E-state index in [0.29, 0.717) is 17.0 Å². The van der Waals surface area contributed by atoms with Crippen molar-refractivity contribution in [3.8, 4) is 5.75 Å². The van der Waals surface area contributed by atoms with Crippen LogP contribution < -0.4 is 14.2 Å². The summed E-state index contributed by atoms with van der Waals surface area (Å²) in [7, 11) is -6.75. The lowest BCUT2D eigenvalue weighted by atomic mass is 10.2. The predicted octanol–water partition coefficient (Wildman–Crippen LogP) is 3.74. The van der Waals surface area contributed by atoms with Gasteiger partial charge in [0.15, 0.2) is 0 Å². The third-order valence-electron chi connectivity index (χ3n) is 4.23. The van der Waals surface area contributed by atoms with E-state index in [-0.39, 0.29) is 10.6 Å². The SMILES string of the molecule is COc1ccc(NS(=O)(=O)c2ccc(C)c(NS(=O)(=O)c3ccccc3F)c2)cc1. The van der Waals surface area contributed by atoms with E-state index in [0.717, 1.165) is 12.1 Å². The molecule has 0 saturated carbocycles. The summed E-state index contributed by atoms with van der Waals surface area (Å²) < 4.78 is 74.2. The number of ether oxygens (including phenoxy) is 1. The van der Waals surface area contributed by atoms with Crippen LogP contribution in [0.1, 0.15) is 5.56 Å². The van der Waals surface area contributed by atoms with Crippen LogP contribution in [-0.2, 0) is 20.0 Å². The Balaban J connectivity index is 1.91. The predicted molar refractivity (Wildman–Crippen MR) is 112 cm³/mol. The Labute approximate surface area is 174 Å². The van der Waals surface area contributed by atoms with Crippen molar-refractivity contribution in [3.63, 3.8) is 0 Å². The first-order chi connectivity index (χ1) is 14.1. The second kappa shape index (κ2) is 8.33. The normalized spacial score (nSPS) is 11.7. The molecule has 3 rings (SSSR count). The minimum atomic E-state index is -4.25. The number of nitrogens with one attached hydrogen (secondary N) is 2. The van der Waals surface area contributed by atoms with Gasteiger partial charge in [-0.2, -0.15) is 0 Å². The number of sulfonamides is 2. The van der Waals surface area contributed by atoms with E-state index < -0.39 is 30.8 Å². The van der Waals surface area contributed by atoms with Crippen molar-refractivity contribution >= 4 is 31.4 Å². The minimum Gasteiger partial charge on any atom is -0.497 e. The van der Waals surface area contributed by atoms with Gasteiger partial charge in [0.1, 0.15) is 16.5 Å². The highest BCUT2D eigenvalue weighted by Gasteiger charge is 2.21. The quantitative estimate of drug-likeness (QED) is 0.571. The first kappa shape index (κ1) is 21.6. The molecular formula is C20H19FN2O5S2. The van der Waals surface area contributed by atoms with Crippen LogP contribution in [0.25, 0.3) is 0 Å². The van der Waals surface area contributed by atoms with Gasteiger partial charge < -0.3 is 4.74 Å². The summed E-state index contributed by atoms with van der Waals surface area (Å²) >= 11 is 0. The molecule has 3 aromatic carbocycles.